The highest BCUT2D eigenvalue weighted by Crippen LogP contribution is 2.24. The summed E-state index contributed by atoms with van der Waals surface area (Å²) in [6.07, 6.45) is -2.89. The smallest absolute Gasteiger partial charge is 0.249 e. The highest BCUT2D eigenvalue weighted by molar-refractivity contribution is 7.16. The van der Waals surface area contributed by atoms with Crippen LogP contribution < -0.4 is 5.73 Å². The van der Waals surface area contributed by atoms with Crippen LogP contribution in [0.1, 0.15) is 11.7 Å². The molecule has 4 N–H and O–H groups in total. The summed E-state index contributed by atoms with van der Waals surface area (Å²) >= 11 is 1.42. The van der Waals surface area contributed by atoms with Gasteiger partial charge >= 0.3 is 0 Å². The zero-order chi connectivity index (χ0) is 11.7. The zero-order valence-electron chi connectivity index (χ0n) is 8.20. The summed E-state index contributed by atoms with van der Waals surface area (Å²) < 4.78 is 0.883. The summed E-state index contributed by atoms with van der Waals surface area (Å²) in [5.74, 6) is -0.947. The molecule has 84 valence electrons. The molecular weight excluding hydrogens is 228 g/mol. The van der Waals surface area contributed by atoms with Gasteiger partial charge in [-0.3, -0.25) is 4.79 Å². The van der Waals surface area contributed by atoms with Gasteiger partial charge in [-0.05, 0) is 17.7 Å². The molecule has 0 saturated heterocycles. The number of primary amides is 1. The fraction of sp³-hybridized carbons (Fsp3) is 0.200. The topological polar surface area (TPSA) is 96.4 Å². The largest absolute Gasteiger partial charge is 0.385 e. The Hall–Kier alpha value is -1.50. The second-order valence-electron chi connectivity index (χ2n) is 3.37. The molecule has 0 aliphatic rings. The van der Waals surface area contributed by atoms with Gasteiger partial charge in [-0.15, -0.1) is 11.3 Å². The first-order valence-corrected chi connectivity index (χ1v) is 5.46. The van der Waals surface area contributed by atoms with E-state index in [-0.39, 0.29) is 0 Å². The van der Waals surface area contributed by atoms with E-state index in [0.29, 0.717) is 5.56 Å². The van der Waals surface area contributed by atoms with Crippen LogP contribution in [0.25, 0.3) is 10.2 Å². The molecule has 16 heavy (non-hydrogen) atoms. The van der Waals surface area contributed by atoms with Crippen molar-refractivity contribution in [2.45, 2.75) is 12.2 Å². The molecule has 0 radical (unpaired) electrons. The van der Waals surface area contributed by atoms with Crippen LogP contribution in [0.3, 0.4) is 0 Å². The Morgan fingerprint density at radius 3 is 2.88 bits per heavy atom. The van der Waals surface area contributed by atoms with Crippen LogP contribution in [0.2, 0.25) is 0 Å². The number of aromatic nitrogens is 1. The monoisotopic (exact) mass is 238 g/mol. The van der Waals surface area contributed by atoms with Crippen molar-refractivity contribution in [1.29, 1.82) is 0 Å². The molecule has 2 atom stereocenters. The molecule has 0 aliphatic carbocycles. The molecule has 2 aromatic rings. The molecule has 0 aliphatic heterocycles. The van der Waals surface area contributed by atoms with Crippen molar-refractivity contribution in [1.82, 2.24) is 4.98 Å². The number of nitrogens with zero attached hydrogens (tertiary/aromatic N) is 1. The van der Waals surface area contributed by atoms with Crippen molar-refractivity contribution in [3.05, 3.63) is 29.3 Å². The van der Waals surface area contributed by atoms with E-state index in [2.05, 4.69) is 4.98 Å². The summed E-state index contributed by atoms with van der Waals surface area (Å²) in [4.78, 5) is 14.8. The number of amides is 1. The van der Waals surface area contributed by atoms with Crippen molar-refractivity contribution in [2.75, 3.05) is 0 Å². The van der Waals surface area contributed by atoms with E-state index in [0.717, 1.165) is 10.2 Å². The minimum Gasteiger partial charge on any atom is -0.385 e. The fourth-order valence-corrected chi connectivity index (χ4v) is 2.12. The quantitative estimate of drug-likeness (QED) is 0.710. The Kier molecular flexibility index (Phi) is 2.86. The molecular formula is C10H10N2O3S. The average molecular weight is 238 g/mol. The maximum Gasteiger partial charge on any atom is 0.249 e. The zero-order valence-corrected chi connectivity index (χ0v) is 9.02. The standard InChI is InChI=1S/C10H10N2O3S/c11-10(15)9(14)8(13)5-1-2-6-7(3-5)16-4-12-6/h1-4,8-9,13-14H,(H2,11,15). The number of aliphatic hydroxyl groups is 2. The van der Waals surface area contributed by atoms with Gasteiger partial charge < -0.3 is 15.9 Å². The first kappa shape index (κ1) is 11.0. The van der Waals surface area contributed by atoms with Crippen LogP contribution in [-0.2, 0) is 4.79 Å². The van der Waals surface area contributed by atoms with Crippen LogP contribution in [-0.4, -0.2) is 27.2 Å². The lowest BCUT2D eigenvalue weighted by atomic mass is 10.0. The third-order valence-corrected chi connectivity index (χ3v) is 3.08. The van der Waals surface area contributed by atoms with Crippen molar-refractivity contribution < 1.29 is 15.0 Å². The van der Waals surface area contributed by atoms with Crippen LogP contribution in [0.4, 0.5) is 0 Å². The minimum absolute atomic E-state index is 0.447. The highest BCUT2D eigenvalue weighted by Gasteiger charge is 2.23. The summed E-state index contributed by atoms with van der Waals surface area (Å²) in [5, 5.41) is 19.0. The van der Waals surface area contributed by atoms with Crippen LogP contribution >= 0.6 is 11.3 Å². The molecule has 0 saturated carbocycles. The van der Waals surface area contributed by atoms with E-state index < -0.39 is 18.1 Å². The van der Waals surface area contributed by atoms with E-state index in [1.54, 1.807) is 23.7 Å². The van der Waals surface area contributed by atoms with Gasteiger partial charge in [-0.2, -0.15) is 0 Å². The third-order valence-electron chi connectivity index (χ3n) is 2.29. The van der Waals surface area contributed by atoms with E-state index in [4.69, 9.17) is 5.73 Å². The molecule has 0 spiro atoms. The number of hydrogen-bond donors (Lipinski definition) is 3. The molecule has 0 fully saturated rings. The maximum absolute atomic E-state index is 10.7. The van der Waals surface area contributed by atoms with Crippen LogP contribution in [0.5, 0.6) is 0 Å². The first-order chi connectivity index (χ1) is 7.59. The Bertz CT molecular complexity index is 526. The maximum atomic E-state index is 10.7. The van der Waals surface area contributed by atoms with Gasteiger partial charge in [0, 0.05) is 0 Å². The van der Waals surface area contributed by atoms with Crippen molar-refractivity contribution in [3.8, 4) is 0 Å². The van der Waals surface area contributed by atoms with Gasteiger partial charge in [0.25, 0.3) is 0 Å². The molecule has 2 unspecified atom stereocenters. The average Bonchev–Trinajstić information content (AvgIpc) is 2.73. The van der Waals surface area contributed by atoms with Gasteiger partial charge in [0.15, 0.2) is 6.10 Å². The molecule has 0 bridgehead atoms. The molecule has 6 heteroatoms. The number of carbonyl (C=O) groups is 1. The Balaban J connectivity index is 2.35. The second kappa shape index (κ2) is 4.17. The van der Waals surface area contributed by atoms with E-state index in [1.165, 1.54) is 11.3 Å². The molecule has 1 aromatic heterocycles. The second-order valence-corrected chi connectivity index (χ2v) is 4.26. The lowest BCUT2D eigenvalue weighted by Crippen LogP contribution is -2.33. The number of benzene rings is 1. The summed E-state index contributed by atoms with van der Waals surface area (Å²) in [7, 11) is 0. The Morgan fingerprint density at radius 1 is 1.44 bits per heavy atom. The van der Waals surface area contributed by atoms with Crippen molar-refractivity contribution >= 4 is 27.5 Å². The summed E-state index contributed by atoms with van der Waals surface area (Å²) in [6.45, 7) is 0. The van der Waals surface area contributed by atoms with E-state index in [9.17, 15) is 15.0 Å². The lowest BCUT2D eigenvalue weighted by molar-refractivity contribution is -0.131. The number of rotatable bonds is 3. The molecule has 5 nitrogen and oxygen atoms in total. The number of carbonyl (C=O) groups excluding carboxylic acids is 1. The first-order valence-electron chi connectivity index (χ1n) is 4.58. The molecule has 1 amide bonds. The van der Waals surface area contributed by atoms with Crippen LogP contribution in [0.15, 0.2) is 23.7 Å². The van der Waals surface area contributed by atoms with Gasteiger partial charge in [-0.25, -0.2) is 4.98 Å². The summed E-state index contributed by atoms with van der Waals surface area (Å²) in [6, 6.07) is 5.01. The van der Waals surface area contributed by atoms with Gasteiger partial charge in [0.2, 0.25) is 5.91 Å². The molecule has 1 heterocycles. The Morgan fingerprint density at radius 2 is 2.19 bits per heavy atom. The Labute approximate surface area is 95.2 Å². The van der Waals surface area contributed by atoms with Crippen LogP contribution in [0, 0.1) is 0 Å². The van der Waals surface area contributed by atoms with Gasteiger partial charge in [0.1, 0.15) is 6.10 Å². The van der Waals surface area contributed by atoms with Crippen molar-refractivity contribution in [2.24, 2.45) is 5.73 Å². The number of thiazole rings is 1. The lowest BCUT2D eigenvalue weighted by Gasteiger charge is -2.14. The third kappa shape index (κ3) is 1.90. The van der Waals surface area contributed by atoms with Crippen molar-refractivity contribution in [3.63, 3.8) is 0 Å². The number of nitrogens with two attached hydrogens (primary N) is 1. The van der Waals surface area contributed by atoms with E-state index >= 15 is 0 Å². The fourth-order valence-electron chi connectivity index (χ4n) is 1.39. The summed E-state index contributed by atoms with van der Waals surface area (Å²) in [5.41, 5.74) is 7.86. The van der Waals surface area contributed by atoms with E-state index in [1.807, 2.05) is 0 Å². The number of fused-ring (bicyclic) bond motifs is 1. The van der Waals surface area contributed by atoms with Gasteiger partial charge in [-0.1, -0.05) is 6.07 Å². The predicted molar refractivity (Wildman–Crippen MR) is 59.8 cm³/mol. The number of aliphatic hydroxyl groups excluding tert-OH is 2. The number of hydrogen-bond acceptors (Lipinski definition) is 5. The molecule has 2 rings (SSSR count). The van der Waals surface area contributed by atoms with Gasteiger partial charge in [0.05, 0.1) is 15.7 Å². The minimum atomic E-state index is -1.59. The highest BCUT2D eigenvalue weighted by atomic mass is 32.1. The normalized spacial score (nSPS) is 14.9. The predicted octanol–water partition coefficient (Wildman–Crippen LogP) is 0.176. The molecule has 1 aromatic carbocycles. The SMILES string of the molecule is NC(=O)C(O)C(O)c1ccc2ncsc2c1.